The van der Waals surface area contributed by atoms with Crippen LogP contribution in [0.1, 0.15) is 25.7 Å². The Hall–Kier alpha value is -1.81. The van der Waals surface area contributed by atoms with E-state index in [4.69, 9.17) is 4.74 Å². The van der Waals surface area contributed by atoms with Crippen LogP contribution in [-0.2, 0) is 19.6 Å². The van der Waals surface area contributed by atoms with Gasteiger partial charge in [-0.05, 0) is 43.5 Å². The summed E-state index contributed by atoms with van der Waals surface area (Å²) in [7, 11) is -3.91. The average Bonchev–Trinajstić information content (AvgIpc) is 2.59. The molecule has 1 fully saturated rings. The first kappa shape index (κ1) is 19.9. The molecule has 1 aliphatic carbocycles. The number of amides is 1. The van der Waals surface area contributed by atoms with Gasteiger partial charge < -0.3 is 15.2 Å². The molecule has 0 aromatic heterocycles. The molecule has 9 heteroatoms. The maximum absolute atomic E-state index is 13.0. The molecule has 1 aliphatic heterocycles. The number of sulfonamides is 1. The number of carbonyl (C=O) groups excluding carboxylic acids is 1. The molecule has 1 aromatic carbocycles. The summed E-state index contributed by atoms with van der Waals surface area (Å²) in [6.45, 7) is -0.415. The molecule has 0 saturated heterocycles. The van der Waals surface area contributed by atoms with E-state index in [1.807, 2.05) is 0 Å². The highest BCUT2D eigenvalue weighted by Gasteiger charge is 2.32. The highest BCUT2D eigenvalue weighted by atomic mass is 32.2. The molecule has 1 heterocycles. The van der Waals surface area contributed by atoms with Crippen molar-refractivity contribution in [1.82, 2.24) is 10.0 Å². The first-order chi connectivity index (χ1) is 12.9. The van der Waals surface area contributed by atoms with Crippen molar-refractivity contribution in [3.63, 3.8) is 0 Å². The van der Waals surface area contributed by atoms with E-state index in [9.17, 15) is 22.7 Å². The van der Waals surface area contributed by atoms with E-state index in [0.29, 0.717) is 0 Å². The third-order valence-electron chi connectivity index (χ3n) is 4.74. The Bertz CT molecular complexity index is 792. The number of hydrogen-bond donors (Lipinski definition) is 3. The highest BCUT2D eigenvalue weighted by Crippen LogP contribution is 2.21. The second-order valence-electron chi connectivity index (χ2n) is 6.78. The fraction of sp³-hybridized carbons (Fsp3) is 0.500. The molecular weight excluding hydrogens is 375 g/mol. The summed E-state index contributed by atoms with van der Waals surface area (Å²) in [5.74, 6) is -0.664. The number of nitrogens with one attached hydrogen (secondary N) is 2. The molecular formula is C18H23FN2O5S. The second-order valence-corrected chi connectivity index (χ2v) is 8.49. The molecule has 3 rings (SSSR count). The van der Waals surface area contributed by atoms with E-state index in [0.717, 1.165) is 43.5 Å². The summed E-state index contributed by atoms with van der Waals surface area (Å²) in [4.78, 5) is 11.9. The second kappa shape index (κ2) is 8.47. The summed E-state index contributed by atoms with van der Waals surface area (Å²) in [6, 6.07) is 3.87. The maximum atomic E-state index is 13.0. The first-order valence-electron chi connectivity index (χ1n) is 8.89. The minimum Gasteiger partial charge on any atom is -0.394 e. The Morgan fingerprint density at radius 1 is 1.22 bits per heavy atom. The van der Waals surface area contributed by atoms with Gasteiger partial charge in [-0.25, -0.2) is 17.5 Å². The van der Waals surface area contributed by atoms with Crippen molar-refractivity contribution in [1.29, 1.82) is 0 Å². The van der Waals surface area contributed by atoms with E-state index in [1.165, 1.54) is 0 Å². The third-order valence-corrected chi connectivity index (χ3v) is 6.21. The highest BCUT2D eigenvalue weighted by molar-refractivity contribution is 7.89. The fourth-order valence-corrected chi connectivity index (χ4v) is 4.21. The van der Waals surface area contributed by atoms with Crippen LogP contribution in [0.4, 0.5) is 4.39 Å². The lowest BCUT2D eigenvalue weighted by Gasteiger charge is -2.32. The lowest BCUT2D eigenvalue weighted by atomic mass is 9.93. The van der Waals surface area contributed by atoms with Crippen molar-refractivity contribution in [3.8, 4) is 0 Å². The zero-order chi connectivity index (χ0) is 19.4. The summed E-state index contributed by atoms with van der Waals surface area (Å²) < 4.78 is 45.9. The molecule has 1 aromatic rings. The van der Waals surface area contributed by atoms with Gasteiger partial charge in [-0.2, -0.15) is 0 Å². The van der Waals surface area contributed by atoms with Crippen LogP contribution >= 0.6 is 0 Å². The van der Waals surface area contributed by atoms with Gasteiger partial charge >= 0.3 is 0 Å². The molecule has 0 spiro atoms. The van der Waals surface area contributed by atoms with Crippen LogP contribution < -0.4 is 10.0 Å². The molecule has 0 radical (unpaired) electrons. The molecule has 3 atom stereocenters. The topological polar surface area (TPSA) is 105 Å². The van der Waals surface area contributed by atoms with Crippen molar-refractivity contribution in [2.24, 2.45) is 0 Å². The minimum absolute atomic E-state index is 0.0870. The summed E-state index contributed by atoms with van der Waals surface area (Å²) in [5, 5.41) is 12.5. The van der Waals surface area contributed by atoms with Gasteiger partial charge in [0.05, 0.1) is 30.1 Å². The average molecular weight is 398 g/mol. The first-order valence-corrected chi connectivity index (χ1v) is 10.4. The Kier molecular flexibility index (Phi) is 6.25. The quantitative estimate of drug-likeness (QED) is 0.591. The van der Waals surface area contributed by atoms with E-state index in [-0.39, 0.29) is 23.3 Å². The largest absolute Gasteiger partial charge is 0.394 e. The Labute approximate surface area is 157 Å². The van der Waals surface area contributed by atoms with E-state index < -0.39 is 40.7 Å². The zero-order valence-corrected chi connectivity index (χ0v) is 15.5. The molecule has 2 aliphatic rings. The van der Waals surface area contributed by atoms with Gasteiger partial charge in [0.1, 0.15) is 11.9 Å². The number of aliphatic hydroxyl groups excluding tert-OH is 1. The summed E-state index contributed by atoms with van der Waals surface area (Å²) in [5.41, 5.74) is 0. The van der Waals surface area contributed by atoms with Crippen LogP contribution in [0.15, 0.2) is 41.3 Å². The van der Waals surface area contributed by atoms with Crippen LogP contribution in [0, 0.1) is 5.82 Å². The number of aliphatic hydroxyl groups is 1. The lowest BCUT2D eigenvalue weighted by Crippen LogP contribution is -2.49. The van der Waals surface area contributed by atoms with Crippen LogP contribution in [-0.4, -0.2) is 50.3 Å². The monoisotopic (exact) mass is 398 g/mol. The number of hydrogen-bond acceptors (Lipinski definition) is 5. The molecule has 148 valence electrons. The number of halogens is 1. The Balaban J connectivity index is 1.62. The Morgan fingerprint density at radius 2 is 1.93 bits per heavy atom. The molecule has 0 bridgehead atoms. The standard InChI is InChI=1S/C18H23FN2O5S/c19-12-4-7-15(8-5-12)27(24,25)21-16-9-6-14(26-17(16)11-22)10-18(23)20-13-2-1-3-13/h4-9,13-14,16-17,21-22H,1-3,10-11H2,(H,20,23)/t14-,16-,17+/m1/s1. The number of benzene rings is 1. The van der Waals surface area contributed by atoms with Gasteiger partial charge in [0.25, 0.3) is 0 Å². The summed E-state index contributed by atoms with van der Waals surface area (Å²) in [6.07, 6.45) is 5.03. The number of carbonyl (C=O) groups is 1. The van der Waals surface area contributed by atoms with Crippen LogP contribution in [0.5, 0.6) is 0 Å². The third kappa shape index (κ3) is 5.13. The lowest BCUT2D eigenvalue weighted by molar-refractivity contribution is -0.126. The van der Waals surface area contributed by atoms with Gasteiger partial charge in [-0.15, -0.1) is 0 Å². The molecule has 1 saturated carbocycles. The SMILES string of the molecule is O=C(C[C@H]1C=C[C@@H](NS(=O)(=O)c2ccc(F)cc2)[C@H](CO)O1)NC1CCC1. The fourth-order valence-electron chi connectivity index (χ4n) is 2.99. The Morgan fingerprint density at radius 3 is 2.52 bits per heavy atom. The maximum Gasteiger partial charge on any atom is 0.241 e. The number of rotatable bonds is 7. The van der Waals surface area contributed by atoms with Gasteiger partial charge in [-0.3, -0.25) is 4.79 Å². The van der Waals surface area contributed by atoms with Crippen molar-refractivity contribution < 1.29 is 27.4 Å². The molecule has 3 N–H and O–H groups in total. The van der Waals surface area contributed by atoms with E-state index >= 15 is 0 Å². The van der Waals surface area contributed by atoms with Crippen molar-refractivity contribution in [2.45, 2.75) is 54.9 Å². The zero-order valence-electron chi connectivity index (χ0n) is 14.7. The predicted octanol–water partition coefficient (Wildman–Crippen LogP) is 0.847. The van der Waals surface area contributed by atoms with E-state index in [2.05, 4.69) is 10.0 Å². The van der Waals surface area contributed by atoms with Crippen molar-refractivity contribution in [2.75, 3.05) is 6.61 Å². The van der Waals surface area contributed by atoms with Crippen molar-refractivity contribution in [3.05, 3.63) is 42.2 Å². The van der Waals surface area contributed by atoms with Crippen LogP contribution in [0.2, 0.25) is 0 Å². The molecule has 27 heavy (non-hydrogen) atoms. The minimum atomic E-state index is -3.91. The van der Waals surface area contributed by atoms with Gasteiger partial charge in [0.2, 0.25) is 15.9 Å². The summed E-state index contributed by atoms with van der Waals surface area (Å²) >= 11 is 0. The van der Waals surface area contributed by atoms with Crippen LogP contribution in [0.3, 0.4) is 0 Å². The van der Waals surface area contributed by atoms with Gasteiger partial charge in [0, 0.05) is 6.04 Å². The molecule has 1 amide bonds. The normalized spacial score (nSPS) is 25.8. The smallest absolute Gasteiger partial charge is 0.241 e. The molecule has 0 unspecified atom stereocenters. The van der Waals surface area contributed by atoms with Crippen LogP contribution in [0.25, 0.3) is 0 Å². The van der Waals surface area contributed by atoms with E-state index in [1.54, 1.807) is 12.2 Å². The van der Waals surface area contributed by atoms with Crippen molar-refractivity contribution >= 4 is 15.9 Å². The van der Waals surface area contributed by atoms with Gasteiger partial charge in [-0.1, -0.05) is 12.2 Å². The molecule has 7 nitrogen and oxygen atoms in total. The number of ether oxygens (including phenoxy) is 1. The van der Waals surface area contributed by atoms with Gasteiger partial charge in [0.15, 0.2) is 0 Å². The predicted molar refractivity (Wildman–Crippen MR) is 95.8 cm³/mol.